The van der Waals surface area contributed by atoms with Gasteiger partial charge in [0.15, 0.2) is 0 Å². The number of aliphatic hydroxyl groups excluding tert-OH is 1. The fourth-order valence-electron chi connectivity index (χ4n) is 3.25. The Morgan fingerprint density at radius 2 is 2.00 bits per heavy atom. The number of rotatable bonds is 2. The summed E-state index contributed by atoms with van der Waals surface area (Å²) in [5.41, 5.74) is -0.435. The van der Waals surface area contributed by atoms with Gasteiger partial charge in [-0.05, 0) is 57.8 Å². The van der Waals surface area contributed by atoms with Crippen molar-refractivity contribution in [3.05, 3.63) is 0 Å². The minimum atomic E-state index is -0.435. The zero-order chi connectivity index (χ0) is 12.6. The van der Waals surface area contributed by atoms with Crippen LogP contribution < -0.4 is 5.32 Å². The van der Waals surface area contributed by atoms with Crippen molar-refractivity contribution in [2.24, 2.45) is 17.8 Å². The van der Waals surface area contributed by atoms with Crippen molar-refractivity contribution in [3.8, 4) is 0 Å². The van der Waals surface area contributed by atoms with Crippen molar-refractivity contribution in [2.75, 3.05) is 6.61 Å². The van der Waals surface area contributed by atoms with Gasteiger partial charge in [-0.1, -0.05) is 0 Å². The van der Waals surface area contributed by atoms with Gasteiger partial charge in [0.05, 0.1) is 0 Å². The van der Waals surface area contributed by atoms with Crippen molar-refractivity contribution >= 4 is 6.09 Å². The topological polar surface area (TPSA) is 58.6 Å². The van der Waals surface area contributed by atoms with E-state index in [4.69, 9.17) is 4.74 Å². The second-order valence-corrected chi connectivity index (χ2v) is 6.42. The Morgan fingerprint density at radius 3 is 2.47 bits per heavy atom. The number of nitrogens with one attached hydrogen (secondary N) is 1. The van der Waals surface area contributed by atoms with Gasteiger partial charge in [0, 0.05) is 12.6 Å². The van der Waals surface area contributed by atoms with Crippen LogP contribution in [0.3, 0.4) is 0 Å². The number of hydrogen-bond donors (Lipinski definition) is 2. The summed E-state index contributed by atoms with van der Waals surface area (Å²) in [5.74, 6) is 1.58. The third-order valence-electron chi connectivity index (χ3n) is 3.94. The normalized spacial score (nSPS) is 36.0. The third-order valence-corrected chi connectivity index (χ3v) is 3.94. The minimum Gasteiger partial charge on any atom is -0.444 e. The largest absolute Gasteiger partial charge is 0.444 e. The molecule has 0 aromatic rings. The summed E-state index contributed by atoms with van der Waals surface area (Å²) in [6.07, 6.45) is 2.87. The molecule has 0 heterocycles. The molecule has 98 valence electrons. The van der Waals surface area contributed by atoms with Gasteiger partial charge in [-0.2, -0.15) is 0 Å². The number of alkyl carbamates (subject to hydrolysis) is 1. The van der Waals surface area contributed by atoms with Crippen LogP contribution in [0.25, 0.3) is 0 Å². The summed E-state index contributed by atoms with van der Waals surface area (Å²) < 4.78 is 5.26. The Bertz CT molecular complexity index is 298. The maximum atomic E-state index is 11.7. The molecule has 0 aromatic heterocycles. The predicted octanol–water partition coefficient (Wildman–Crippen LogP) is 1.92. The molecule has 17 heavy (non-hydrogen) atoms. The molecule has 0 aliphatic heterocycles. The second-order valence-electron chi connectivity index (χ2n) is 6.42. The van der Waals surface area contributed by atoms with E-state index < -0.39 is 5.60 Å². The fraction of sp³-hybridized carbons (Fsp3) is 0.923. The van der Waals surface area contributed by atoms with E-state index >= 15 is 0 Å². The molecule has 4 nitrogen and oxygen atoms in total. The zero-order valence-corrected chi connectivity index (χ0v) is 10.9. The number of amides is 1. The first-order valence-electron chi connectivity index (χ1n) is 6.49. The van der Waals surface area contributed by atoms with Gasteiger partial charge < -0.3 is 15.2 Å². The lowest BCUT2D eigenvalue weighted by atomic mass is 9.86. The molecular formula is C13H23NO3. The van der Waals surface area contributed by atoms with E-state index in [-0.39, 0.29) is 12.1 Å². The molecule has 2 saturated carbocycles. The van der Waals surface area contributed by atoms with Crippen LogP contribution in [0.15, 0.2) is 0 Å². The van der Waals surface area contributed by atoms with Crippen molar-refractivity contribution in [1.29, 1.82) is 0 Å². The lowest BCUT2D eigenvalue weighted by Gasteiger charge is -2.28. The van der Waals surface area contributed by atoms with Gasteiger partial charge in [0.2, 0.25) is 0 Å². The average molecular weight is 241 g/mol. The van der Waals surface area contributed by atoms with E-state index in [0.29, 0.717) is 24.4 Å². The molecule has 1 amide bonds. The molecule has 4 heteroatoms. The van der Waals surface area contributed by atoms with Crippen LogP contribution in [0, 0.1) is 17.8 Å². The van der Waals surface area contributed by atoms with Crippen molar-refractivity contribution in [2.45, 2.75) is 51.7 Å². The highest BCUT2D eigenvalue weighted by Crippen LogP contribution is 2.48. The van der Waals surface area contributed by atoms with E-state index in [0.717, 1.165) is 19.3 Å². The smallest absolute Gasteiger partial charge is 0.407 e. The van der Waals surface area contributed by atoms with Crippen LogP contribution in [0.4, 0.5) is 4.79 Å². The van der Waals surface area contributed by atoms with Crippen LogP contribution in [-0.4, -0.2) is 29.4 Å². The molecule has 0 radical (unpaired) electrons. The molecule has 2 aliphatic rings. The Balaban J connectivity index is 1.81. The molecule has 0 saturated heterocycles. The Morgan fingerprint density at radius 1 is 1.29 bits per heavy atom. The summed E-state index contributed by atoms with van der Waals surface area (Å²) in [6, 6.07) is 0.248. The fourth-order valence-corrected chi connectivity index (χ4v) is 3.25. The molecule has 2 bridgehead atoms. The predicted molar refractivity (Wildman–Crippen MR) is 64.6 cm³/mol. The number of aliphatic hydroxyl groups is 1. The first-order chi connectivity index (χ1) is 7.89. The summed E-state index contributed by atoms with van der Waals surface area (Å²) >= 11 is 0. The van der Waals surface area contributed by atoms with E-state index in [2.05, 4.69) is 5.32 Å². The van der Waals surface area contributed by atoms with E-state index in [1.54, 1.807) is 0 Å². The van der Waals surface area contributed by atoms with Crippen LogP contribution >= 0.6 is 0 Å². The molecule has 2 aliphatic carbocycles. The van der Waals surface area contributed by atoms with Gasteiger partial charge >= 0.3 is 6.09 Å². The number of fused-ring (bicyclic) bond motifs is 2. The number of ether oxygens (including phenoxy) is 1. The number of carbonyl (C=O) groups excluding carboxylic acids is 1. The molecule has 0 unspecified atom stereocenters. The lowest BCUT2D eigenvalue weighted by Crippen LogP contribution is -2.42. The summed E-state index contributed by atoms with van der Waals surface area (Å²) in [7, 11) is 0. The first-order valence-corrected chi connectivity index (χ1v) is 6.49. The zero-order valence-electron chi connectivity index (χ0n) is 10.9. The molecule has 0 spiro atoms. The first kappa shape index (κ1) is 12.7. The van der Waals surface area contributed by atoms with Crippen molar-refractivity contribution in [3.63, 3.8) is 0 Å². The highest BCUT2D eigenvalue weighted by Gasteiger charge is 2.46. The van der Waals surface area contributed by atoms with Crippen LogP contribution in [-0.2, 0) is 4.74 Å². The Hall–Kier alpha value is -0.770. The van der Waals surface area contributed by atoms with Gasteiger partial charge in [-0.3, -0.25) is 0 Å². The molecule has 2 rings (SSSR count). The van der Waals surface area contributed by atoms with E-state index in [1.807, 2.05) is 20.8 Å². The molecule has 2 fully saturated rings. The van der Waals surface area contributed by atoms with Crippen LogP contribution in [0.5, 0.6) is 0 Å². The SMILES string of the molecule is CC(C)(C)OC(=O)N[C@@H]1C[C@H]2C[C@@H]1C[C@H]2CO. The highest BCUT2D eigenvalue weighted by atomic mass is 16.6. The number of hydrogen-bond acceptors (Lipinski definition) is 3. The Kier molecular flexibility index (Phi) is 3.34. The summed E-state index contributed by atoms with van der Waals surface area (Å²) in [6.45, 7) is 5.90. The average Bonchev–Trinajstić information content (AvgIpc) is 2.72. The van der Waals surface area contributed by atoms with Gasteiger partial charge in [0.1, 0.15) is 5.60 Å². The number of carbonyl (C=O) groups is 1. The van der Waals surface area contributed by atoms with Gasteiger partial charge in [-0.25, -0.2) is 4.79 Å². The summed E-state index contributed by atoms with van der Waals surface area (Å²) in [5, 5.41) is 12.2. The molecule has 4 atom stereocenters. The van der Waals surface area contributed by atoms with Gasteiger partial charge in [-0.15, -0.1) is 0 Å². The lowest BCUT2D eigenvalue weighted by molar-refractivity contribution is 0.0476. The van der Waals surface area contributed by atoms with Crippen LogP contribution in [0.2, 0.25) is 0 Å². The minimum absolute atomic E-state index is 0.248. The summed E-state index contributed by atoms with van der Waals surface area (Å²) in [4.78, 5) is 11.7. The molecular weight excluding hydrogens is 218 g/mol. The maximum Gasteiger partial charge on any atom is 0.407 e. The van der Waals surface area contributed by atoms with E-state index in [9.17, 15) is 9.90 Å². The van der Waals surface area contributed by atoms with Crippen LogP contribution in [0.1, 0.15) is 40.0 Å². The maximum absolute atomic E-state index is 11.7. The van der Waals surface area contributed by atoms with Crippen molar-refractivity contribution < 1.29 is 14.6 Å². The monoisotopic (exact) mass is 241 g/mol. The second kappa shape index (κ2) is 4.48. The van der Waals surface area contributed by atoms with Gasteiger partial charge in [0.25, 0.3) is 0 Å². The molecule has 0 aromatic carbocycles. The highest BCUT2D eigenvalue weighted by molar-refractivity contribution is 5.68. The quantitative estimate of drug-likeness (QED) is 0.776. The van der Waals surface area contributed by atoms with Crippen molar-refractivity contribution in [1.82, 2.24) is 5.32 Å². The third kappa shape index (κ3) is 2.92. The molecule has 2 N–H and O–H groups in total. The Labute approximate surface area is 103 Å². The van der Waals surface area contributed by atoms with E-state index in [1.165, 1.54) is 0 Å². The standard InChI is InChI=1S/C13H23NO3/c1-13(2,3)17-12(16)14-11-6-8-4-9(11)5-10(8)7-15/h8-11,15H,4-7H2,1-3H3,(H,14,16)/t8-,9-,10+,11-/m1/s1.